The average Bonchev–Trinajstić information content (AvgIpc) is 3.14. The molecule has 2 aromatic carbocycles. The van der Waals surface area contributed by atoms with Crippen LogP contribution in [0.5, 0.6) is 5.75 Å². The van der Waals surface area contributed by atoms with Gasteiger partial charge in [0.1, 0.15) is 5.75 Å². The molecule has 0 radical (unpaired) electrons. The number of aromatic nitrogens is 1. The van der Waals surface area contributed by atoms with E-state index in [-0.39, 0.29) is 19.0 Å². The predicted octanol–water partition coefficient (Wildman–Crippen LogP) is 1.82. The van der Waals surface area contributed by atoms with Crippen LogP contribution < -0.4 is 15.8 Å². The minimum atomic E-state index is -1.12. The maximum absolute atomic E-state index is 13.2. The number of hydrogen-bond donors (Lipinski definition) is 1. The van der Waals surface area contributed by atoms with E-state index in [0.717, 1.165) is 4.90 Å². The van der Waals surface area contributed by atoms with Crippen molar-refractivity contribution in [2.45, 2.75) is 18.5 Å². The molecule has 0 bridgehead atoms. The first-order chi connectivity index (χ1) is 13.6. The van der Waals surface area contributed by atoms with Crippen molar-refractivity contribution in [3.63, 3.8) is 0 Å². The zero-order valence-corrected chi connectivity index (χ0v) is 14.9. The molecular weight excluding hydrogens is 362 g/mol. The number of nitrogens with one attached hydrogen (secondary N) is 1. The lowest BCUT2D eigenvalue weighted by Gasteiger charge is -2.33. The van der Waals surface area contributed by atoms with Gasteiger partial charge in [-0.2, -0.15) is 0 Å². The molecule has 2 aliphatic rings. The van der Waals surface area contributed by atoms with E-state index in [1.54, 1.807) is 36.4 Å². The molecule has 1 saturated heterocycles. The number of hydrogen-bond acceptors (Lipinski definition) is 5. The lowest BCUT2D eigenvalue weighted by Crippen LogP contribution is -2.47. The molecule has 1 aromatic heterocycles. The van der Waals surface area contributed by atoms with Crippen molar-refractivity contribution < 1.29 is 18.7 Å². The summed E-state index contributed by atoms with van der Waals surface area (Å²) in [5, 5.41) is 2.85. The van der Waals surface area contributed by atoms with Crippen LogP contribution in [0.3, 0.4) is 0 Å². The van der Waals surface area contributed by atoms with Crippen molar-refractivity contribution in [2.24, 2.45) is 0 Å². The third kappa shape index (κ3) is 2.27. The van der Waals surface area contributed by atoms with E-state index in [0.29, 0.717) is 35.4 Å². The monoisotopic (exact) mass is 379 g/mol. The summed E-state index contributed by atoms with van der Waals surface area (Å²) in [6.45, 7) is 0.560. The molecule has 28 heavy (non-hydrogen) atoms. The molecule has 3 aromatic rings. The fourth-order valence-corrected chi connectivity index (χ4v) is 4.00. The van der Waals surface area contributed by atoms with Crippen molar-refractivity contribution in [1.82, 2.24) is 14.8 Å². The van der Waals surface area contributed by atoms with Gasteiger partial charge in [-0.15, -0.1) is 0 Å². The summed E-state index contributed by atoms with van der Waals surface area (Å²) in [6.07, 6.45) is 0.361. The summed E-state index contributed by atoms with van der Waals surface area (Å²) in [6, 6.07) is 13.8. The van der Waals surface area contributed by atoms with Gasteiger partial charge in [0.25, 0.3) is 5.91 Å². The number of ether oxygens (including phenoxy) is 1. The van der Waals surface area contributed by atoms with E-state index in [9.17, 15) is 14.4 Å². The molecular formula is C20H17N3O5. The number of carbonyl (C=O) groups is 2. The molecule has 0 saturated carbocycles. The number of carbonyl (C=O) groups excluding carboxylic acids is 2. The average molecular weight is 379 g/mol. The molecule has 0 aliphatic carbocycles. The van der Waals surface area contributed by atoms with Crippen LogP contribution in [0.15, 0.2) is 57.7 Å². The smallest absolute Gasteiger partial charge is 0.420 e. The lowest BCUT2D eigenvalue weighted by molar-refractivity contribution is -0.132. The molecule has 142 valence electrons. The van der Waals surface area contributed by atoms with Crippen LogP contribution >= 0.6 is 0 Å². The summed E-state index contributed by atoms with van der Waals surface area (Å²) in [5.41, 5.74) is 0.647. The molecule has 3 amide bonds. The van der Waals surface area contributed by atoms with Crippen LogP contribution in [0, 0.1) is 0 Å². The Morgan fingerprint density at radius 2 is 1.79 bits per heavy atom. The van der Waals surface area contributed by atoms with E-state index < -0.39 is 17.3 Å². The van der Waals surface area contributed by atoms with Crippen molar-refractivity contribution in [3.8, 4) is 5.75 Å². The first-order valence-electron chi connectivity index (χ1n) is 9.05. The summed E-state index contributed by atoms with van der Waals surface area (Å²) in [5.74, 6) is -0.241. The van der Waals surface area contributed by atoms with Gasteiger partial charge in [-0.1, -0.05) is 30.3 Å². The number of nitrogens with zero attached hydrogens (tertiary/aromatic N) is 2. The van der Waals surface area contributed by atoms with E-state index in [1.165, 1.54) is 4.57 Å². The number of rotatable bonds is 3. The zero-order chi connectivity index (χ0) is 19.3. The van der Waals surface area contributed by atoms with Crippen LogP contribution in [-0.4, -0.2) is 34.6 Å². The third-order valence-corrected chi connectivity index (χ3v) is 5.38. The second-order valence-electron chi connectivity index (χ2n) is 6.87. The standard InChI is InChI=1S/C20H17N3O5/c24-17-20(9-12-27-15-7-3-1-5-13(15)20)21-18(25)23(17)11-10-22-14-6-2-4-8-16(14)28-19(22)26/h1-8H,9-12H2,(H,21,25)/t20-/m0/s1. The highest BCUT2D eigenvalue weighted by Crippen LogP contribution is 2.40. The predicted molar refractivity (Wildman–Crippen MR) is 99.0 cm³/mol. The summed E-state index contributed by atoms with van der Waals surface area (Å²) in [7, 11) is 0. The Morgan fingerprint density at radius 1 is 1.00 bits per heavy atom. The fourth-order valence-electron chi connectivity index (χ4n) is 4.00. The SMILES string of the molecule is O=C1N[C@]2(CCOc3ccccc32)C(=O)N1CCn1c(=O)oc2ccccc21. The van der Waals surface area contributed by atoms with Crippen molar-refractivity contribution in [2.75, 3.05) is 13.2 Å². The second-order valence-corrected chi connectivity index (χ2v) is 6.87. The number of benzene rings is 2. The van der Waals surface area contributed by atoms with Gasteiger partial charge in [-0.25, -0.2) is 9.59 Å². The molecule has 1 N–H and O–H groups in total. The number of amides is 3. The Kier molecular flexibility index (Phi) is 3.55. The highest BCUT2D eigenvalue weighted by atomic mass is 16.5. The molecule has 2 aliphatic heterocycles. The highest BCUT2D eigenvalue weighted by molar-refractivity contribution is 6.08. The van der Waals surface area contributed by atoms with E-state index in [2.05, 4.69) is 5.32 Å². The third-order valence-electron chi connectivity index (χ3n) is 5.38. The topological polar surface area (TPSA) is 93.8 Å². The van der Waals surface area contributed by atoms with Gasteiger partial charge in [0.2, 0.25) is 0 Å². The summed E-state index contributed by atoms with van der Waals surface area (Å²) >= 11 is 0. The quantitative estimate of drug-likeness (QED) is 0.701. The minimum Gasteiger partial charge on any atom is -0.493 e. The second kappa shape index (κ2) is 5.98. The molecule has 1 atom stereocenters. The van der Waals surface area contributed by atoms with E-state index in [4.69, 9.17) is 9.15 Å². The zero-order valence-electron chi connectivity index (χ0n) is 14.9. The molecule has 0 unspecified atom stereocenters. The molecule has 1 fully saturated rings. The maximum atomic E-state index is 13.2. The van der Waals surface area contributed by atoms with Gasteiger partial charge in [0.05, 0.1) is 12.1 Å². The molecule has 5 rings (SSSR count). The van der Waals surface area contributed by atoms with Crippen LogP contribution in [0.25, 0.3) is 11.1 Å². The van der Waals surface area contributed by atoms with Crippen LogP contribution in [0.4, 0.5) is 4.79 Å². The number of imide groups is 1. The number of fused-ring (bicyclic) bond motifs is 3. The molecule has 8 nitrogen and oxygen atoms in total. The number of oxazole rings is 1. The Morgan fingerprint density at radius 3 is 2.68 bits per heavy atom. The Balaban J connectivity index is 1.45. The highest BCUT2D eigenvalue weighted by Gasteiger charge is 2.54. The largest absolute Gasteiger partial charge is 0.493 e. The van der Waals surface area contributed by atoms with Gasteiger partial charge in [-0.3, -0.25) is 14.3 Å². The molecule has 3 heterocycles. The molecule has 8 heteroatoms. The number of para-hydroxylation sites is 3. The minimum absolute atomic E-state index is 0.0683. The first kappa shape index (κ1) is 16.6. The van der Waals surface area contributed by atoms with Gasteiger partial charge in [0.15, 0.2) is 11.1 Å². The summed E-state index contributed by atoms with van der Waals surface area (Å²) < 4.78 is 12.3. The van der Waals surface area contributed by atoms with E-state index in [1.807, 2.05) is 12.1 Å². The van der Waals surface area contributed by atoms with Crippen LogP contribution in [0.1, 0.15) is 12.0 Å². The Hall–Kier alpha value is -3.55. The summed E-state index contributed by atoms with van der Waals surface area (Å²) in [4.78, 5) is 39.2. The normalized spacial score (nSPS) is 21.1. The fraction of sp³-hybridized carbons (Fsp3) is 0.250. The van der Waals surface area contributed by atoms with Gasteiger partial charge < -0.3 is 14.5 Å². The van der Waals surface area contributed by atoms with Crippen LogP contribution in [-0.2, 0) is 16.9 Å². The van der Waals surface area contributed by atoms with Gasteiger partial charge in [-0.05, 0) is 18.2 Å². The Bertz CT molecular complexity index is 1160. The van der Waals surface area contributed by atoms with Crippen molar-refractivity contribution in [3.05, 3.63) is 64.6 Å². The van der Waals surface area contributed by atoms with Gasteiger partial charge in [0, 0.05) is 25.1 Å². The lowest BCUT2D eigenvalue weighted by atomic mass is 9.84. The van der Waals surface area contributed by atoms with Crippen LogP contribution in [0.2, 0.25) is 0 Å². The Labute approximate surface area is 159 Å². The van der Waals surface area contributed by atoms with Crippen molar-refractivity contribution in [1.29, 1.82) is 0 Å². The maximum Gasteiger partial charge on any atom is 0.420 e. The molecule has 1 spiro atoms. The van der Waals surface area contributed by atoms with E-state index >= 15 is 0 Å². The number of urea groups is 1. The van der Waals surface area contributed by atoms with Crippen molar-refractivity contribution >= 4 is 23.0 Å². The van der Waals surface area contributed by atoms with Gasteiger partial charge >= 0.3 is 11.8 Å². The first-order valence-corrected chi connectivity index (χ1v) is 9.05.